The molecule has 0 amide bonds. The molecule has 3 rings (SSSR count). The van der Waals surface area contributed by atoms with Crippen molar-refractivity contribution in [2.75, 3.05) is 13.1 Å². The molecule has 116 valence electrons. The fourth-order valence-electron chi connectivity index (χ4n) is 3.86. The highest BCUT2D eigenvalue weighted by atomic mass is 16.3. The summed E-state index contributed by atoms with van der Waals surface area (Å²) in [5.41, 5.74) is 4.03. The Morgan fingerprint density at radius 3 is 2.55 bits per heavy atom. The van der Waals surface area contributed by atoms with Gasteiger partial charge in [0.25, 0.3) is 0 Å². The van der Waals surface area contributed by atoms with E-state index in [0.29, 0.717) is 17.7 Å². The van der Waals surface area contributed by atoms with Gasteiger partial charge in [-0.3, -0.25) is 4.90 Å². The van der Waals surface area contributed by atoms with Crippen molar-refractivity contribution in [1.82, 2.24) is 4.90 Å². The van der Waals surface area contributed by atoms with Gasteiger partial charge in [0.2, 0.25) is 0 Å². The minimum Gasteiger partial charge on any atom is -0.508 e. The van der Waals surface area contributed by atoms with Crippen LogP contribution in [0.4, 0.5) is 0 Å². The monoisotopic (exact) mass is 295 g/mol. The van der Waals surface area contributed by atoms with Gasteiger partial charge >= 0.3 is 0 Å². The summed E-state index contributed by atoms with van der Waals surface area (Å²) < 4.78 is 0. The molecule has 1 aliphatic carbocycles. The second-order valence-corrected chi connectivity index (χ2v) is 6.17. The van der Waals surface area contributed by atoms with Crippen molar-refractivity contribution in [2.24, 2.45) is 0 Å². The summed E-state index contributed by atoms with van der Waals surface area (Å²) in [4.78, 5) is 2.59. The van der Waals surface area contributed by atoms with Gasteiger partial charge in [-0.15, -0.1) is 0 Å². The van der Waals surface area contributed by atoms with Crippen LogP contribution < -0.4 is 0 Å². The Hall–Kier alpha value is -1.80. The SMILES string of the molecule is CCCN(CC)[C@@H]1Cc2ccc(O)cc2[C@@H]1c1ccccc1. The summed E-state index contributed by atoms with van der Waals surface area (Å²) in [6.45, 7) is 6.69. The van der Waals surface area contributed by atoms with E-state index in [1.54, 1.807) is 0 Å². The standard InChI is InChI=1S/C20H25NO/c1-3-12-21(4-2)19-13-16-10-11-17(22)14-18(16)20(19)15-8-6-5-7-9-15/h5-11,14,19-20,22H,3-4,12-13H2,1-2H3/t19-,20+/m1/s1. The largest absolute Gasteiger partial charge is 0.508 e. The van der Waals surface area contributed by atoms with Crippen LogP contribution in [0, 0.1) is 0 Å². The molecule has 2 atom stereocenters. The number of rotatable bonds is 5. The Morgan fingerprint density at radius 1 is 1.09 bits per heavy atom. The summed E-state index contributed by atoms with van der Waals surface area (Å²) >= 11 is 0. The molecule has 1 N–H and O–H groups in total. The summed E-state index contributed by atoms with van der Waals surface area (Å²) in [6, 6.07) is 17.1. The zero-order chi connectivity index (χ0) is 15.5. The van der Waals surface area contributed by atoms with Gasteiger partial charge in [0.05, 0.1) is 0 Å². The number of likely N-dealkylation sites (N-methyl/N-ethyl adjacent to an activating group) is 1. The minimum atomic E-state index is 0.356. The lowest BCUT2D eigenvalue weighted by molar-refractivity contribution is 0.198. The van der Waals surface area contributed by atoms with Gasteiger partial charge in [0, 0.05) is 12.0 Å². The average molecular weight is 295 g/mol. The molecule has 0 aliphatic heterocycles. The molecule has 0 bridgehead atoms. The van der Waals surface area contributed by atoms with Crippen LogP contribution in [0.2, 0.25) is 0 Å². The third-order valence-corrected chi connectivity index (χ3v) is 4.82. The van der Waals surface area contributed by atoms with Crippen molar-refractivity contribution in [3.63, 3.8) is 0 Å². The molecule has 2 aromatic rings. The van der Waals surface area contributed by atoms with Gasteiger partial charge in [-0.05, 0) is 54.8 Å². The number of benzene rings is 2. The Morgan fingerprint density at radius 2 is 1.86 bits per heavy atom. The van der Waals surface area contributed by atoms with Crippen molar-refractivity contribution in [2.45, 2.75) is 38.6 Å². The molecule has 2 aromatic carbocycles. The first kappa shape index (κ1) is 15.1. The number of nitrogens with zero attached hydrogens (tertiary/aromatic N) is 1. The molecule has 22 heavy (non-hydrogen) atoms. The van der Waals surface area contributed by atoms with Gasteiger partial charge in [0.1, 0.15) is 5.75 Å². The van der Waals surface area contributed by atoms with Gasteiger partial charge in [-0.1, -0.05) is 50.2 Å². The summed E-state index contributed by atoms with van der Waals surface area (Å²) in [6.07, 6.45) is 2.25. The lowest BCUT2D eigenvalue weighted by Crippen LogP contribution is -2.39. The zero-order valence-corrected chi connectivity index (χ0v) is 13.5. The molecule has 0 unspecified atom stereocenters. The Bertz CT molecular complexity index is 623. The molecule has 0 saturated carbocycles. The number of aromatic hydroxyl groups is 1. The zero-order valence-electron chi connectivity index (χ0n) is 13.5. The number of hydrogen-bond donors (Lipinski definition) is 1. The van der Waals surface area contributed by atoms with Gasteiger partial charge in [-0.25, -0.2) is 0 Å². The summed E-state index contributed by atoms with van der Waals surface area (Å²) in [5, 5.41) is 9.93. The third-order valence-electron chi connectivity index (χ3n) is 4.82. The second kappa shape index (κ2) is 6.53. The molecular formula is C20H25NO. The molecule has 0 radical (unpaired) electrons. The third kappa shape index (κ3) is 2.76. The second-order valence-electron chi connectivity index (χ2n) is 6.17. The predicted octanol–water partition coefficient (Wildman–Crippen LogP) is 4.18. The first-order valence-electron chi connectivity index (χ1n) is 8.35. The normalized spacial score (nSPS) is 20.3. The quantitative estimate of drug-likeness (QED) is 0.894. The van der Waals surface area contributed by atoms with Crippen molar-refractivity contribution in [1.29, 1.82) is 0 Å². The van der Waals surface area contributed by atoms with Crippen LogP contribution in [-0.4, -0.2) is 29.1 Å². The van der Waals surface area contributed by atoms with Crippen LogP contribution in [0.25, 0.3) is 0 Å². The van der Waals surface area contributed by atoms with E-state index in [1.165, 1.54) is 23.1 Å². The van der Waals surface area contributed by atoms with Crippen molar-refractivity contribution < 1.29 is 5.11 Å². The van der Waals surface area contributed by atoms with E-state index in [9.17, 15) is 5.11 Å². The average Bonchev–Trinajstić information content (AvgIpc) is 2.91. The van der Waals surface area contributed by atoms with Gasteiger partial charge in [-0.2, -0.15) is 0 Å². The van der Waals surface area contributed by atoms with Gasteiger partial charge in [0.15, 0.2) is 0 Å². The first-order chi connectivity index (χ1) is 10.7. The van der Waals surface area contributed by atoms with Gasteiger partial charge < -0.3 is 5.11 Å². The summed E-state index contributed by atoms with van der Waals surface area (Å²) in [5.74, 6) is 0.730. The van der Waals surface area contributed by atoms with Crippen molar-refractivity contribution >= 4 is 0 Å². The molecule has 0 spiro atoms. The highest BCUT2D eigenvalue weighted by Gasteiger charge is 2.36. The smallest absolute Gasteiger partial charge is 0.115 e. The topological polar surface area (TPSA) is 23.5 Å². The lowest BCUT2D eigenvalue weighted by Gasteiger charge is -2.32. The lowest BCUT2D eigenvalue weighted by atomic mass is 9.89. The highest BCUT2D eigenvalue weighted by Crippen LogP contribution is 2.42. The molecule has 0 aromatic heterocycles. The number of phenols is 1. The maximum Gasteiger partial charge on any atom is 0.115 e. The van der Waals surface area contributed by atoms with E-state index < -0.39 is 0 Å². The first-order valence-corrected chi connectivity index (χ1v) is 8.35. The summed E-state index contributed by atoms with van der Waals surface area (Å²) in [7, 11) is 0. The highest BCUT2D eigenvalue weighted by molar-refractivity contribution is 5.48. The van der Waals surface area contributed by atoms with Crippen LogP contribution in [-0.2, 0) is 6.42 Å². The van der Waals surface area contributed by atoms with Crippen LogP contribution >= 0.6 is 0 Å². The molecule has 2 nitrogen and oxygen atoms in total. The molecule has 1 aliphatic rings. The van der Waals surface area contributed by atoms with Crippen molar-refractivity contribution in [3.05, 3.63) is 65.2 Å². The Kier molecular flexibility index (Phi) is 4.49. The number of phenolic OH excluding ortho intramolecular Hbond substituents is 1. The molecule has 0 saturated heterocycles. The van der Waals surface area contributed by atoms with Crippen LogP contribution in [0.3, 0.4) is 0 Å². The minimum absolute atomic E-state index is 0.356. The molecule has 2 heteroatoms. The fraction of sp³-hybridized carbons (Fsp3) is 0.400. The van der Waals surface area contributed by atoms with E-state index in [0.717, 1.165) is 19.5 Å². The molecule has 0 fully saturated rings. The fourth-order valence-corrected chi connectivity index (χ4v) is 3.86. The number of hydrogen-bond acceptors (Lipinski definition) is 2. The van der Waals surface area contributed by atoms with Crippen LogP contribution in [0.5, 0.6) is 5.75 Å². The number of fused-ring (bicyclic) bond motifs is 1. The maximum atomic E-state index is 9.93. The van der Waals surface area contributed by atoms with Crippen LogP contribution in [0.15, 0.2) is 48.5 Å². The predicted molar refractivity (Wildman–Crippen MR) is 91.4 cm³/mol. The van der Waals surface area contributed by atoms with E-state index in [1.807, 2.05) is 12.1 Å². The molecule has 0 heterocycles. The Balaban J connectivity index is 2.04. The van der Waals surface area contributed by atoms with E-state index >= 15 is 0 Å². The van der Waals surface area contributed by atoms with Crippen LogP contribution in [0.1, 0.15) is 42.9 Å². The Labute approximate surface area is 133 Å². The van der Waals surface area contributed by atoms with E-state index in [2.05, 4.69) is 55.1 Å². The van der Waals surface area contributed by atoms with E-state index in [-0.39, 0.29) is 0 Å². The van der Waals surface area contributed by atoms with E-state index in [4.69, 9.17) is 0 Å². The molecular weight excluding hydrogens is 270 g/mol. The maximum absolute atomic E-state index is 9.93. The van der Waals surface area contributed by atoms with Crippen molar-refractivity contribution in [3.8, 4) is 5.75 Å².